The first-order chi connectivity index (χ1) is 13.1. The molecule has 5 nitrogen and oxygen atoms in total. The number of hydrogen-bond donors (Lipinski definition) is 0. The van der Waals surface area contributed by atoms with Crippen molar-refractivity contribution in [1.29, 1.82) is 0 Å². The number of rotatable bonds is 7. The number of thiocarbonyl (C=S) groups is 1. The maximum atomic E-state index is 11.7. The van der Waals surface area contributed by atoms with Crippen LogP contribution in [0.25, 0.3) is 0 Å². The van der Waals surface area contributed by atoms with E-state index in [0.717, 1.165) is 11.1 Å². The summed E-state index contributed by atoms with van der Waals surface area (Å²) in [5, 5.41) is 5.44. The van der Waals surface area contributed by atoms with Crippen molar-refractivity contribution in [2.45, 2.75) is 20.5 Å². The van der Waals surface area contributed by atoms with Gasteiger partial charge in [0.25, 0.3) is 5.91 Å². The number of benzene rings is 2. The molecule has 1 aliphatic heterocycles. The highest BCUT2D eigenvalue weighted by atomic mass is 32.2. The lowest BCUT2D eigenvalue weighted by molar-refractivity contribution is -0.123. The molecule has 0 atom stereocenters. The van der Waals surface area contributed by atoms with Gasteiger partial charge in [-0.1, -0.05) is 53.8 Å². The fourth-order valence-corrected chi connectivity index (χ4v) is 3.51. The molecule has 0 aromatic heterocycles. The second-order valence-corrected chi connectivity index (χ2v) is 7.53. The van der Waals surface area contributed by atoms with Gasteiger partial charge in [-0.25, -0.2) is 0 Å². The maximum absolute atomic E-state index is 11.7. The fourth-order valence-electron chi connectivity index (χ4n) is 2.54. The molecular formula is C20H20N2O3S2. The smallest absolute Gasteiger partial charge is 0.259 e. The van der Waals surface area contributed by atoms with Crippen LogP contribution in [0, 0.1) is 6.92 Å². The predicted molar refractivity (Wildman–Crippen MR) is 113 cm³/mol. The molecule has 0 radical (unpaired) electrons. The second-order valence-electron chi connectivity index (χ2n) is 5.92. The van der Waals surface area contributed by atoms with Crippen LogP contribution in [0.3, 0.4) is 0 Å². The number of thioether (sulfide) groups is 1. The monoisotopic (exact) mass is 400 g/mol. The first-order valence-electron chi connectivity index (χ1n) is 8.55. The standard InChI is InChI=1S/C20H20N2O3S2/c1-3-24-18-10-15(11-21-22-19(23)13-27-20(22)26)7-8-17(18)25-12-16-6-4-5-14(2)9-16/h4-11H,3,12-13H2,1-2H3/b21-11-. The summed E-state index contributed by atoms with van der Waals surface area (Å²) in [7, 11) is 0. The zero-order chi connectivity index (χ0) is 19.2. The van der Waals surface area contributed by atoms with Crippen molar-refractivity contribution in [2.24, 2.45) is 5.10 Å². The van der Waals surface area contributed by atoms with Crippen LogP contribution in [0.4, 0.5) is 0 Å². The lowest BCUT2D eigenvalue weighted by Gasteiger charge is -2.13. The van der Waals surface area contributed by atoms with Gasteiger partial charge in [-0.2, -0.15) is 10.1 Å². The van der Waals surface area contributed by atoms with Crippen molar-refractivity contribution in [3.05, 3.63) is 59.2 Å². The first kappa shape index (κ1) is 19.4. The van der Waals surface area contributed by atoms with Gasteiger partial charge >= 0.3 is 0 Å². The number of carbonyl (C=O) groups excluding carboxylic acids is 1. The Morgan fingerprint density at radius 3 is 2.78 bits per heavy atom. The van der Waals surface area contributed by atoms with Crippen LogP contribution < -0.4 is 9.47 Å². The first-order valence-corrected chi connectivity index (χ1v) is 9.95. The molecule has 1 aliphatic rings. The van der Waals surface area contributed by atoms with E-state index in [2.05, 4.69) is 24.2 Å². The normalized spacial score (nSPS) is 14.2. The molecule has 1 heterocycles. The fraction of sp³-hybridized carbons (Fsp3) is 0.250. The Morgan fingerprint density at radius 1 is 1.22 bits per heavy atom. The second kappa shape index (κ2) is 9.01. The van der Waals surface area contributed by atoms with Gasteiger partial charge in [-0.3, -0.25) is 4.79 Å². The number of ether oxygens (including phenoxy) is 2. The minimum Gasteiger partial charge on any atom is -0.490 e. The largest absolute Gasteiger partial charge is 0.490 e. The van der Waals surface area contributed by atoms with Crippen LogP contribution in [0.1, 0.15) is 23.6 Å². The average Bonchev–Trinajstić information content (AvgIpc) is 2.97. The molecule has 2 aromatic carbocycles. The van der Waals surface area contributed by atoms with Crippen molar-refractivity contribution in [3.63, 3.8) is 0 Å². The Bertz CT molecular complexity index is 867. The summed E-state index contributed by atoms with van der Waals surface area (Å²) in [5.74, 6) is 1.54. The minimum absolute atomic E-state index is 0.107. The van der Waals surface area contributed by atoms with Crippen molar-refractivity contribution in [1.82, 2.24) is 5.01 Å². The van der Waals surface area contributed by atoms with Crippen LogP contribution in [0.15, 0.2) is 47.6 Å². The van der Waals surface area contributed by atoms with Gasteiger partial charge in [0.2, 0.25) is 0 Å². The van der Waals surface area contributed by atoms with E-state index in [4.69, 9.17) is 21.7 Å². The Balaban J connectivity index is 1.74. The lowest BCUT2D eigenvalue weighted by atomic mass is 10.1. The Morgan fingerprint density at radius 2 is 2.07 bits per heavy atom. The molecule has 2 aromatic rings. The summed E-state index contributed by atoms with van der Waals surface area (Å²) in [5.41, 5.74) is 3.09. The van der Waals surface area contributed by atoms with Crippen molar-refractivity contribution in [3.8, 4) is 11.5 Å². The highest BCUT2D eigenvalue weighted by Crippen LogP contribution is 2.29. The van der Waals surface area contributed by atoms with E-state index in [9.17, 15) is 4.79 Å². The molecule has 0 aliphatic carbocycles. The molecule has 0 spiro atoms. The SMILES string of the molecule is CCOc1cc(/C=N\N2C(=O)CSC2=S)ccc1OCc1cccc(C)c1. The zero-order valence-corrected chi connectivity index (χ0v) is 16.8. The molecule has 7 heteroatoms. The van der Waals surface area contributed by atoms with Crippen molar-refractivity contribution < 1.29 is 14.3 Å². The van der Waals surface area contributed by atoms with Crippen LogP contribution in [0.2, 0.25) is 0 Å². The van der Waals surface area contributed by atoms with E-state index in [1.165, 1.54) is 22.3 Å². The number of hydrogen-bond acceptors (Lipinski definition) is 6. The number of carbonyl (C=O) groups is 1. The summed E-state index contributed by atoms with van der Waals surface area (Å²) in [6.45, 7) is 4.96. The summed E-state index contributed by atoms with van der Waals surface area (Å²) < 4.78 is 12.1. The minimum atomic E-state index is -0.107. The molecule has 3 rings (SSSR count). The van der Waals surface area contributed by atoms with E-state index in [-0.39, 0.29) is 5.91 Å². The van der Waals surface area contributed by atoms with Gasteiger partial charge in [0.1, 0.15) is 6.61 Å². The summed E-state index contributed by atoms with van der Waals surface area (Å²) in [6.07, 6.45) is 1.60. The highest BCUT2D eigenvalue weighted by molar-refractivity contribution is 8.23. The Hall–Kier alpha value is -2.38. The van der Waals surface area contributed by atoms with Gasteiger partial charge in [-0.05, 0) is 43.2 Å². The van der Waals surface area contributed by atoms with Gasteiger partial charge in [0.15, 0.2) is 15.8 Å². The molecule has 0 unspecified atom stereocenters. The summed E-state index contributed by atoms with van der Waals surface area (Å²) in [4.78, 5) is 11.7. The summed E-state index contributed by atoms with van der Waals surface area (Å²) in [6, 6.07) is 13.8. The zero-order valence-electron chi connectivity index (χ0n) is 15.2. The van der Waals surface area contributed by atoms with Crippen molar-refractivity contribution >= 4 is 40.4 Å². The van der Waals surface area contributed by atoms with Gasteiger partial charge < -0.3 is 9.47 Å². The Labute approximate surface area is 168 Å². The molecule has 27 heavy (non-hydrogen) atoms. The van der Waals surface area contributed by atoms with Gasteiger partial charge in [-0.15, -0.1) is 0 Å². The third kappa shape index (κ3) is 5.08. The molecule has 1 amide bonds. The highest BCUT2D eigenvalue weighted by Gasteiger charge is 2.25. The van der Waals surface area contributed by atoms with Crippen molar-refractivity contribution in [2.75, 3.05) is 12.4 Å². The number of nitrogens with zero attached hydrogens (tertiary/aromatic N) is 2. The van der Waals surface area contributed by atoms with Crippen LogP contribution in [0.5, 0.6) is 11.5 Å². The molecule has 140 valence electrons. The maximum Gasteiger partial charge on any atom is 0.259 e. The van der Waals surface area contributed by atoms with Gasteiger partial charge in [0, 0.05) is 0 Å². The van der Waals surface area contributed by atoms with E-state index in [1.807, 2.05) is 37.3 Å². The van der Waals surface area contributed by atoms with E-state index < -0.39 is 0 Å². The summed E-state index contributed by atoms with van der Waals surface area (Å²) >= 11 is 6.44. The number of amides is 1. The van der Waals surface area contributed by atoms with Crippen LogP contribution in [-0.2, 0) is 11.4 Å². The van der Waals surface area contributed by atoms with Crippen LogP contribution >= 0.6 is 24.0 Å². The third-order valence-corrected chi connectivity index (χ3v) is 5.13. The van der Waals surface area contributed by atoms with Crippen LogP contribution in [-0.4, -0.2) is 33.8 Å². The Kier molecular flexibility index (Phi) is 6.47. The third-order valence-electron chi connectivity index (χ3n) is 3.80. The number of aryl methyl sites for hydroxylation is 1. The molecule has 1 saturated heterocycles. The van der Waals surface area contributed by atoms with Gasteiger partial charge in [0.05, 0.1) is 18.6 Å². The molecule has 0 saturated carbocycles. The average molecular weight is 401 g/mol. The van der Waals surface area contributed by atoms with E-state index in [0.29, 0.717) is 34.8 Å². The molecule has 0 N–H and O–H groups in total. The number of hydrazone groups is 1. The molecular weight excluding hydrogens is 380 g/mol. The molecule has 1 fully saturated rings. The topological polar surface area (TPSA) is 51.1 Å². The predicted octanol–water partition coefficient (Wildman–Crippen LogP) is 4.17. The quantitative estimate of drug-likeness (QED) is 0.516. The van der Waals surface area contributed by atoms with E-state index >= 15 is 0 Å². The lowest BCUT2D eigenvalue weighted by Crippen LogP contribution is -2.22. The molecule has 0 bridgehead atoms. The van der Waals surface area contributed by atoms with E-state index in [1.54, 1.807) is 6.21 Å².